The maximum absolute atomic E-state index is 12.6. The van der Waals surface area contributed by atoms with Crippen LogP contribution in [0.2, 0.25) is 0 Å². The van der Waals surface area contributed by atoms with Crippen molar-refractivity contribution in [3.05, 3.63) is 42.1 Å². The SMILES string of the molecule is CC(=O)N[C@@H](C)c1ccc(O[C@@H]2CCN(c3ccnc(N(C)CC(F)F)n3)C2)cc1. The molecular weight excluding hydrogens is 392 g/mol. The minimum Gasteiger partial charge on any atom is -0.489 e. The van der Waals surface area contributed by atoms with Gasteiger partial charge in [-0.3, -0.25) is 4.79 Å². The molecule has 1 aliphatic rings. The van der Waals surface area contributed by atoms with Crippen molar-refractivity contribution in [1.82, 2.24) is 15.3 Å². The monoisotopic (exact) mass is 419 g/mol. The molecule has 0 unspecified atom stereocenters. The van der Waals surface area contributed by atoms with E-state index in [0.717, 1.165) is 24.3 Å². The number of nitrogens with zero attached hydrogens (tertiary/aromatic N) is 4. The van der Waals surface area contributed by atoms with E-state index in [0.29, 0.717) is 12.4 Å². The van der Waals surface area contributed by atoms with Gasteiger partial charge in [0.2, 0.25) is 11.9 Å². The van der Waals surface area contributed by atoms with Crippen LogP contribution in [-0.2, 0) is 4.79 Å². The molecule has 1 aromatic carbocycles. The fourth-order valence-electron chi connectivity index (χ4n) is 3.44. The first kappa shape index (κ1) is 21.7. The second-order valence-electron chi connectivity index (χ2n) is 7.45. The molecule has 0 radical (unpaired) electrons. The van der Waals surface area contributed by atoms with Crippen LogP contribution in [0, 0.1) is 0 Å². The zero-order valence-electron chi connectivity index (χ0n) is 17.4. The van der Waals surface area contributed by atoms with Gasteiger partial charge in [0, 0.05) is 33.1 Å². The average molecular weight is 419 g/mol. The Labute approximate surface area is 175 Å². The molecule has 2 heterocycles. The van der Waals surface area contributed by atoms with E-state index in [1.54, 1.807) is 19.3 Å². The first-order chi connectivity index (χ1) is 14.3. The van der Waals surface area contributed by atoms with E-state index in [1.165, 1.54) is 11.8 Å². The first-order valence-electron chi connectivity index (χ1n) is 9.93. The largest absolute Gasteiger partial charge is 0.489 e. The number of hydrogen-bond donors (Lipinski definition) is 1. The lowest BCUT2D eigenvalue weighted by Crippen LogP contribution is -2.28. The van der Waals surface area contributed by atoms with Crippen molar-refractivity contribution in [1.29, 1.82) is 0 Å². The molecule has 3 rings (SSSR count). The van der Waals surface area contributed by atoms with Crippen molar-refractivity contribution in [2.45, 2.75) is 38.8 Å². The van der Waals surface area contributed by atoms with Crippen LogP contribution in [-0.4, -0.2) is 55.1 Å². The van der Waals surface area contributed by atoms with E-state index >= 15 is 0 Å². The Kier molecular flexibility index (Phi) is 7.02. The van der Waals surface area contributed by atoms with E-state index in [2.05, 4.69) is 20.2 Å². The number of ether oxygens (including phenoxy) is 1. The zero-order chi connectivity index (χ0) is 21.7. The number of carbonyl (C=O) groups is 1. The highest BCUT2D eigenvalue weighted by molar-refractivity contribution is 5.73. The van der Waals surface area contributed by atoms with Crippen molar-refractivity contribution in [3.63, 3.8) is 0 Å². The molecule has 2 atom stereocenters. The molecule has 1 aliphatic heterocycles. The third-order valence-electron chi connectivity index (χ3n) is 4.95. The van der Waals surface area contributed by atoms with Crippen molar-refractivity contribution < 1.29 is 18.3 Å². The molecule has 162 valence electrons. The number of alkyl halides is 2. The second-order valence-corrected chi connectivity index (χ2v) is 7.45. The van der Waals surface area contributed by atoms with Gasteiger partial charge in [-0.05, 0) is 30.7 Å². The van der Waals surface area contributed by atoms with Crippen LogP contribution in [0.1, 0.15) is 31.9 Å². The normalized spacial score (nSPS) is 17.1. The molecule has 1 amide bonds. The quantitative estimate of drug-likeness (QED) is 0.709. The molecule has 0 spiro atoms. The van der Waals surface area contributed by atoms with E-state index in [1.807, 2.05) is 31.2 Å². The molecule has 7 nitrogen and oxygen atoms in total. The van der Waals surface area contributed by atoms with E-state index < -0.39 is 13.0 Å². The molecule has 1 aromatic heterocycles. The third kappa shape index (κ3) is 5.77. The molecule has 0 bridgehead atoms. The van der Waals surface area contributed by atoms with E-state index in [-0.39, 0.29) is 24.0 Å². The van der Waals surface area contributed by atoms with E-state index in [4.69, 9.17) is 4.74 Å². The van der Waals surface area contributed by atoms with Gasteiger partial charge in [0.05, 0.1) is 19.1 Å². The van der Waals surface area contributed by atoms with Crippen LogP contribution in [0.5, 0.6) is 5.75 Å². The molecule has 1 fully saturated rings. The van der Waals surface area contributed by atoms with Gasteiger partial charge in [-0.1, -0.05) is 12.1 Å². The number of nitrogens with one attached hydrogen (secondary N) is 1. The van der Waals surface area contributed by atoms with Gasteiger partial charge in [-0.15, -0.1) is 0 Å². The molecule has 30 heavy (non-hydrogen) atoms. The molecular formula is C21H27F2N5O2. The summed E-state index contributed by atoms with van der Waals surface area (Å²) < 4.78 is 31.3. The van der Waals surface area contributed by atoms with Crippen LogP contribution in [0.3, 0.4) is 0 Å². The number of hydrogen-bond acceptors (Lipinski definition) is 6. The summed E-state index contributed by atoms with van der Waals surface area (Å²) >= 11 is 0. The van der Waals surface area contributed by atoms with Crippen molar-refractivity contribution in [2.24, 2.45) is 0 Å². The smallest absolute Gasteiger partial charge is 0.255 e. The fraction of sp³-hybridized carbons (Fsp3) is 0.476. The highest BCUT2D eigenvalue weighted by Gasteiger charge is 2.26. The highest BCUT2D eigenvalue weighted by atomic mass is 19.3. The lowest BCUT2D eigenvalue weighted by Gasteiger charge is -2.21. The van der Waals surface area contributed by atoms with Gasteiger partial charge < -0.3 is 19.9 Å². The number of aromatic nitrogens is 2. The van der Waals surface area contributed by atoms with Gasteiger partial charge in [0.25, 0.3) is 6.43 Å². The second kappa shape index (κ2) is 9.69. The molecule has 0 aliphatic carbocycles. The predicted octanol–water partition coefficient (Wildman–Crippen LogP) is 3.03. The van der Waals surface area contributed by atoms with E-state index in [9.17, 15) is 13.6 Å². The van der Waals surface area contributed by atoms with Crippen LogP contribution in [0.15, 0.2) is 36.5 Å². The van der Waals surface area contributed by atoms with Crippen LogP contribution < -0.4 is 19.9 Å². The molecule has 1 N–H and O–H groups in total. The van der Waals surface area contributed by atoms with Crippen molar-refractivity contribution in [3.8, 4) is 5.75 Å². The number of benzene rings is 1. The molecule has 1 saturated heterocycles. The molecule has 9 heteroatoms. The number of rotatable bonds is 8. The van der Waals surface area contributed by atoms with Gasteiger partial charge >= 0.3 is 0 Å². The van der Waals surface area contributed by atoms with Crippen LogP contribution >= 0.6 is 0 Å². The first-order valence-corrected chi connectivity index (χ1v) is 9.93. The number of anilines is 2. The summed E-state index contributed by atoms with van der Waals surface area (Å²) in [5, 5.41) is 2.85. The third-order valence-corrected chi connectivity index (χ3v) is 4.95. The van der Waals surface area contributed by atoms with Crippen LogP contribution in [0.25, 0.3) is 0 Å². The Bertz CT molecular complexity index is 850. The lowest BCUT2D eigenvalue weighted by molar-refractivity contribution is -0.119. The van der Waals surface area contributed by atoms with Gasteiger partial charge in [-0.2, -0.15) is 4.98 Å². The summed E-state index contributed by atoms with van der Waals surface area (Å²) in [6.07, 6.45) is -0.0285. The summed E-state index contributed by atoms with van der Waals surface area (Å²) in [6.45, 7) is 4.43. The molecule has 0 saturated carbocycles. The Morgan fingerprint density at radius 1 is 1.33 bits per heavy atom. The summed E-state index contributed by atoms with van der Waals surface area (Å²) in [4.78, 5) is 23.1. The van der Waals surface area contributed by atoms with Crippen LogP contribution in [0.4, 0.5) is 20.5 Å². The summed E-state index contributed by atoms with van der Waals surface area (Å²) in [7, 11) is 1.55. The predicted molar refractivity (Wildman–Crippen MR) is 111 cm³/mol. The van der Waals surface area contributed by atoms with Crippen molar-refractivity contribution >= 4 is 17.7 Å². The number of halogens is 2. The van der Waals surface area contributed by atoms with Crippen molar-refractivity contribution in [2.75, 3.05) is 36.5 Å². The zero-order valence-corrected chi connectivity index (χ0v) is 17.4. The molecule has 2 aromatic rings. The number of amides is 1. The Morgan fingerprint density at radius 3 is 2.73 bits per heavy atom. The Hall–Kier alpha value is -2.97. The van der Waals surface area contributed by atoms with Gasteiger partial charge in [-0.25, -0.2) is 13.8 Å². The summed E-state index contributed by atoms with van der Waals surface area (Å²) in [5.74, 6) is 1.68. The Morgan fingerprint density at radius 2 is 2.07 bits per heavy atom. The summed E-state index contributed by atoms with van der Waals surface area (Å²) in [6, 6.07) is 9.40. The number of carbonyl (C=O) groups excluding carboxylic acids is 1. The lowest BCUT2D eigenvalue weighted by atomic mass is 10.1. The van der Waals surface area contributed by atoms with Gasteiger partial charge in [0.15, 0.2) is 0 Å². The maximum Gasteiger partial charge on any atom is 0.255 e. The maximum atomic E-state index is 12.6. The standard InChI is InChI=1S/C21H27F2N5O2/c1-14(25-15(2)29)16-4-6-17(7-5-16)30-18-9-11-28(12-18)20-8-10-24-21(26-20)27(3)13-19(22)23/h4-8,10,14,18-19H,9,11-13H2,1-3H3,(H,25,29)/t14-,18+/m0/s1. The fourth-order valence-corrected chi connectivity index (χ4v) is 3.44. The average Bonchev–Trinajstić information content (AvgIpc) is 3.16. The highest BCUT2D eigenvalue weighted by Crippen LogP contribution is 2.24. The minimum atomic E-state index is -2.44. The minimum absolute atomic E-state index is 0.000766. The van der Waals surface area contributed by atoms with Gasteiger partial charge in [0.1, 0.15) is 17.7 Å². The Balaban J connectivity index is 1.57. The topological polar surface area (TPSA) is 70.6 Å². The summed E-state index contributed by atoms with van der Waals surface area (Å²) in [5.41, 5.74) is 1.01.